The maximum absolute atomic E-state index is 5.62. The highest BCUT2D eigenvalue weighted by molar-refractivity contribution is 4.91. The lowest BCUT2D eigenvalue weighted by Gasteiger charge is -2.47. The van der Waals surface area contributed by atoms with Gasteiger partial charge in [0, 0.05) is 12.6 Å². The van der Waals surface area contributed by atoms with Crippen LogP contribution in [0.2, 0.25) is 0 Å². The Labute approximate surface area is 144 Å². The molecule has 0 atom stereocenters. The first kappa shape index (κ1) is 19.2. The van der Waals surface area contributed by atoms with Crippen molar-refractivity contribution >= 4 is 0 Å². The molecule has 2 fully saturated rings. The predicted molar refractivity (Wildman–Crippen MR) is 99.0 cm³/mol. The van der Waals surface area contributed by atoms with Crippen LogP contribution in [0.25, 0.3) is 0 Å². The van der Waals surface area contributed by atoms with Gasteiger partial charge in [-0.25, -0.2) is 0 Å². The molecule has 2 saturated heterocycles. The molecule has 23 heavy (non-hydrogen) atoms. The van der Waals surface area contributed by atoms with Gasteiger partial charge in [-0.05, 0) is 111 Å². The van der Waals surface area contributed by atoms with E-state index < -0.39 is 0 Å². The fraction of sp³-hybridized carbons (Fsp3) is 1.00. The highest BCUT2D eigenvalue weighted by atomic mass is 16.5. The van der Waals surface area contributed by atoms with Gasteiger partial charge in [0.2, 0.25) is 0 Å². The third-order valence-electron chi connectivity index (χ3n) is 6.08. The smallest absolute Gasteiger partial charge is 0.0518 e. The van der Waals surface area contributed by atoms with Crippen molar-refractivity contribution in [3.05, 3.63) is 0 Å². The third-order valence-corrected chi connectivity index (χ3v) is 6.08. The normalized spacial score (nSPS) is 23.2. The zero-order valence-electron chi connectivity index (χ0n) is 16.1. The van der Waals surface area contributed by atoms with E-state index in [1.165, 1.54) is 77.7 Å². The van der Waals surface area contributed by atoms with Crippen LogP contribution in [0, 0.1) is 5.41 Å². The van der Waals surface area contributed by atoms with Crippen LogP contribution in [0.15, 0.2) is 0 Å². The predicted octanol–water partition coefficient (Wildman–Crippen LogP) is 4.17. The van der Waals surface area contributed by atoms with Crippen molar-refractivity contribution in [3.8, 4) is 0 Å². The first-order chi connectivity index (χ1) is 11.0. The van der Waals surface area contributed by atoms with E-state index in [9.17, 15) is 0 Å². The molecule has 0 N–H and O–H groups in total. The summed E-state index contributed by atoms with van der Waals surface area (Å²) < 4.78 is 5.62. The van der Waals surface area contributed by atoms with Gasteiger partial charge in [-0.2, -0.15) is 0 Å². The van der Waals surface area contributed by atoms with Crippen molar-refractivity contribution < 1.29 is 4.74 Å². The monoisotopic (exact) mass is 324 g/mol. The zero-order chi connectivity index (χ0) is 16.7. The summed E-state index contributed by atoms with van der Waals surface area (Å²) in [5.74, 6) is 0. The van der Waals surface area contributed by atoms with E-state index in [0.717, 1.165) is 12.6 Å². The van der Waals surface area contributed by atoms with Crippen molar-refractivity contribution in [2.45, 2.75) is 84.8 Å². The summed E-state index contributed by atoms with van der Waals surface area (Å²) >= 11 is 0. The zero-order valence-corrected chi connectivity index (χ0v) is 16.1. The molecule has 2 aliphatic rings. The quantitative estimate of drug-likeness (QED) is 0.623. The number of hydrogen-bond acceptors (Lipinski definition) is 3. The molecule has 3 heteroatoms. The minimum absolute atomic E-state index is 0.385. The van der Waals surface area contributed by atoms with Gasteiger partial charge in [0.1, 0.15) is 0 Å². The summed E-state index contributed by atoms with van der Waals surface area (Å²) in [4.78, 5) is 5.38. The molecule has 0 aliphatic carbocycles. The van der Waals surface area contributed by atoms with Crippen LogP contribution in [0.1, 0.15) is 72.6 Å². The summed E-state index contributed by atoms with van der Waals surface area (Å²) in [6.45, 7) is 16.5. The molecule has 0 aromatic rings. The SMILES string of the molecule is CC(C)OCCCCCN1CCC2(CC1)CCN(C(C)C)CC2. The molecule has 2 heterocycles. The molecule has 0 amide bonds. The van der Waals surface area contributed by atoms with Crippen LogP contribution in [0.3, 0.4) is 0 Å². The first-order valence-corrected chi connectivity index (χ1v) is 10.1. The van der Waals surface area contributed by atoms with Crippen LogP contribution < -0.4 is 0 Å². The summed E-state index contributed by atoms with van der Waals surface area (Å²) in [6.07, 6.45) is 10.0. The molecule has 0 aromatic carbocycles. The van der Waals surface area contributed by atoms with Gasteiger partial charge >= 0.3 is 0 Å². The highest BCUT2D eigenvalue weighted by Crippen LogP contribution is 2.41. The Morgan fingerprint density at radius 2 is 1.43 bits per heavy atom. The molecular weight excluding hydrogens is 284 g/mol. The Bertz CT molecular complexity index is 312. The Hall–Kier alpha value is -0.120. The number of rotatable bonds is 8. The number of likely N-dealkylation sites (tertiary alicyclic amines) is 2. The van der Waals surface area contributed by atoms with Crippen molar-refractivity contribution in [3.63, 3.8) is 0 Å². The fourth-order valence-electron chi connectivity index (χ4n) is 4.20. The molecule has 0 saturated carbocycles. The molecule has 3 nitrogen and oxygen atoms in total. The van der Waals surface area contributed by atoms with Crippen LogP contribution in [-0.2, 0) is 4.74 Å². The number of nitrogens with zero attached hydrogens (tertiary/aromatic N) is 2. The molecule has 0 radical (unpaired) electrons. The molecule has 2 rings (SSSR count). The van der Waals surface area contributed by atoms with Crippen LogP contribution in [0.5, 0.6) is 0 Å². The van der Waals surface area contributed by atoms with Gasteiger partial charge in [0.25, 0.3) is 0 Å². The topological polar surface area (TPSA) is 15.7 Å². The lowest BCUT2D eigenvalue weighted by molar-refractivity contribution is 0.0244. The standard InChI is InChI=1S/C20H40N2O/c1-18(2)22-15-10-20(11-16-22)8-13-21(14-9-20)12-6-5-7-17-23-19(3)4/h18-19H,5-17H2,1-4H3. The average molecular weight is 325 g/mol. The van der Waals surface area contributed by atoms with E-state index in [0.29, 0.717) is 11.5 Å². The summed E-state index contributed by atoms with van der Waals surface area (Å²) in [5, 5.41) is 0. The van der Waals surface area contributed by atoms with Gasteiger partial charge in [-0.3, -0.25) is 0 Å². The number of ether oxygens (including phenoxy) is 1. The van der Waals surface area contributed by atoms with E-state index in [2.05, 4.69) is 37.5 Å². The van der Waals surface area contributed by atoms with Gasteiger partial charge in [-0.15, -0.1) is 0 Å². The minimum Gasteiger partial charge on any atom is -0.379 e. The fourth-order valence-corrected chi connectivity index (χ4v) is 4.20. The summed E-state index contributed by atoms with van der Waals surface area (Å²) in [5.41, 5.74) is 0.687. The Morgan fingerprint density at radius 3 is 2.00 bits per heavy atom. The summed E-state index contributed by atoms with van der Waals surface area (Å²) in [6, 6.07) is 0.729. The van der Waals surface area contributed by atoms with Crippen molar-refractivity contribution in [2.24, 2.45) is 5.41 Å². The van der Waals surface area contributed by atoms with E-state index >= 15 is 0 Å². The lowest BCUT2D eigenvalue weighted by atomic mass is 9.71. The second-order valence-corrected chi connectivity index (χ2v) is 8.45. The van der Waals surface area contributed by atoms with Crippen molar-refractivity contribution in [1.29, 1.82) is 0 Å². The van der Waals surface area contributed by atoms with Crippen LogP contribution in [-0.4, -0.2) is 61.3 Å². The number of piperidine rings is 2. The Morgan fingerprint density at radius 1 is 0.826 bits per heavy atom. The molecule has 0 aromatic heterocycles. The van der Waals surface area contributed by atoms with E-state index in [-0.39, 0.29) is 0 Å². The average Bonchev–Trinajstić information content (AvgIpc) is 2.53. The molecule has 0 unspecified atom stereocenters. The maximum atomic E-state index is 5.62. The van der Waals surface area contributed by atoms with Crippen LogP contribution in [0.4, 0.5) is 0 Å². The number of hydrogen-bond donors (Lipinski definition) is 0. The van der Waals surface area contributed by atoms with Crippen molar-refractivity contribution in [2.75, 3.05) is 39.3 Å². The second kappa shape index (κ2) is 9.39. The minimum atomic E-state index is 0.385. The maximum Gasteiger partial charge on any atom is 0.0518 e. The Balaban J connectivity index is 1.56. The van der Waals surface area contributed by atoms with Gasteiger partial charge in [0.05, 0.1) is 6.10 Å². The molecule has 2 aliphatic heterocycles. The molecule has 1 spiro atoms. The number of unbranched alkanes of at least 4 members (excludes halogenated alkanes) is 2. The van der Waals surface area contributed by atoms with Gasteiger partial charge < -0.3 is 14.5 Å². The third kappa shape index (κ3) is 6.36. The van der Waals surface area contributed by atoms with Crippen LogP contribution >= 0.6 is 0 Å². The largest absolute Gasteiger partial charge is 0.379 e. The van der Waals surface area contributed by atoms with Gasteiger partial charge in [0.15, 0.2) is 0 Å². The van der Waals surface area contributed by atoms with E-state index in [4.69, 9.17) is 4.74 Å². The molecular formula is C20H40N2O. The Kier molecular flexibility index (Phi) is 7.84. The molecule has 136 valence electrons. The lowest BCUT2D eigenvalue weighted by Crippen LogP contribution is -2.48. The summed E-state index contributed by atoms with van der Waals surface area (Å²) in [7, 11) is 0. The molecule has 0 bridgehead atoms. The van der Waals surface area contributed by atoms with Crippen molar-refractivity contribution in [1.82, 2.24) is 9.80 Å². The highest BCUT2D eigenvalue weighted by Gasteiger charge is 2.37. The van der Waals surface area contributed by atoms with E-state index in [1.54, 1.807) is 0 Å². The second-order valence-electron chi connectivity index (χ2n) is 8.45. The van der Waals surface area contributed by atoms with Gasteiger partial charge in [-0.1, -0.05) is 0 Å². The van der Waals surface area contributed by atoms with E-state index in [1.807, 2.05) is 0 Å². The first-order valence-electron chi connectivity index (χ1n) is 10.1.